The highest BCUT2D eigenvalue weighted by Crippen LogP contribution is 2.17. The van der Waals surface area contributed by atoms with Crippen molar-refractivity contribution < 1.29 is 24.6 Å². The predicted molar refractivity (Wildman–Crippen MR) is 56.5 cm³/mol. The summed E-state index contributed by atoms with van der Waals surface area (Å²) < 4.78 is 5.20. The lowest BCUT2D eigenvalue weighted by atomic mass is 10.2. The number of carboxylic acid groups (broad SMARTS) is 1. The number of hydrogen-bond acceptors (Lipinski definition) is 5. The lowest BCUT2D eigenvalue weighted by molar-refractivity contribution is -0.757. The standard InChI is InChI=1S/C10H11NO6/c12-10(13)8-4-1-2-5-9(8)16-6-3-7-17-11(14)15/h1-2,4-5H,3,6-7H2,(H,12,13). The van der Waals surface area contributed by atoms with E-state index in [0.29, 0.717) is 6.42 Å². The van der Waals surface area contributed by atoms with Crippen LogP contribution in [0.2, 0.25) is 0 Å². The van der Waals surface area contributed by atoms with E-state index in [9.17, 15) is 14.9 Å². The molecule has 0 heterocycles. The zero-order valence-electron chi connectivity index (χ0n) is 8.87. The van der Waals surface area contributed by atoms with Crippen LogP contribution in [0.15, 0.2) is 24.3 Å². The number of carboxylic acids is 1. The summed E-state index contributed by atoms with van der Waals surface area (Å²) in [6.07, 6.45) is 0.301. The highest BCUT2D eigenvalue weighted by molar-refractivity contribution is 5.90. The minimum atomic E-state index is -1.08. The van der Waals surface area contributed by atoms with Crippen molar-refractivity contribution in [3.8, 4) is 5.75 Å². The number of nitrogens with zero attached hydrogens (tertiary/aromatic N) is 1. The first-order valence-corrected chi connectivity index (χ1v) is 4.83. The molecule has 0 saturated carbocycles. The van der Waals surface area contributed by atoms with E-state index >= 15 is 0 Å². The van der Waals surface area contributed by atoms with Gasteiger partial charge in [0.25, 0.3) is 5.09 Å². The summed E-state index contributed by atoms with van der Waals surface area (Å²) in [6, 6.07) is 6.18. The number of hydrogen-bond donors (Lipinski definition) is 1. The Morgan fingerprint density at radius 1 is 1.35 bits per heavy atom. The van der Waals surface area contributed by atoms with Crippen molar-refractivity contribution in [2.45, 2.75) is 6.42 Å². The molecule has 7 heteroatoms. The van der Waals surface area contributed by atoms with Crippen molar-refractivity contribution in [2.75, 3.05) is 13.2 Å². The molecule has 0 bridgehead atoms. The number of aromatic carboxylic acids is 1. The first kappa shape index (κ1) is 12.8. The second-order valence-electron chi connectivity index (χ2n) is 3.06. The SMILES string of the molecule is O=C(O)c1ccccc1OCCCO[N+](=O)[O-]. The van der Waals surface area contributed by atoms with Crippen LogP contribution in [0.4, 0.5) is 0 Å². The van der Waals surface area contributed by atoms with Crippen LogP contribution < -0.4 is 4.74 Å². The fraction of sp³-hybridized carbons (Fsp3) is 0.300. The quantitative estimate of drug-likeness (QED) is 0.439. The second-order valence-corrected chi connectivity index (χ2v) is 3.06. The Hall–Kier alpha value is -2.31. The molecule has 0 aliphatic heterocycles. The third-order valence-corrected chi connectivity index (χ3v) is 1.86. The molecule has 0 atom stereocenters. The maximum Gasteiger partial charge on any atom is 0.339 e. The molecule has 0 fully saturated rings. The van der Waals surface area contributed by atoms with Gasteiger partial charge in [-0.3, -0.25) is 0 Å². The number of rotatable bonds is 7. The molecular weight excluding hydrogens is 230 g/mol. The Bertz CT molecular complexity index is 406. The van der Waals surface area contributed by atoms with Gasteiger partial charge in [0.15, 0.2) is 0 Å². The van der Waals surface area contributed by atoms with Crippen LogP contribution in [0.25, 0.3) is 0 Å². The Kier molecular flexibility index (Phi) is 4.74. The van der Waals surface area contributed by atoms with E-state index < -0.39 is 11.1 Å². The molecule has 1 aromatic rings. The monoisotopic (exact) mass is 241 g/mol. The molecule has 92 valence electrons. The van der Waals surface area contributed by atoms with Gasteiger partial charge in [-0.05, 0) is 12.1 Å². The average Bonchev–Trinajstić information content (AvgIpc) is 2.28. The first-order valence-electron chi connectivity index (χ1n) is 4.83. The summed E-state index contributed by atoms with van der Waals surface area (Å²) in [5.41, 5.74) is 0.0581. The molecule has 1 N–H and O–H groups in total. The highest BCUT2D eigenvalue weighted by Gasteiger charge is 2.09. The molecule has 0 saturated heterocycles. The van der Waals surface area contributed by atoms with Crippen molar-refractivity contribution in [2.24, 2.45) is 0 Å². The van der Waals surface area contributed by atoms with E-state index in [1.165, 1.54) is 12.1 Å². The topological polar surface area (TPSA) is 98.9 Å². The fourth-order valence-corrected chi connectivity index (χ4v) is 1.15. The third-order valence-electron chi connectivity index (χ3n) is 1.86. The molecular formula is C10H11NO6. The van der Waals surface area contributed by atoms with Gasteiger partial charge in [-0.2, -0.15) is 0 Å². The van der Waals surface area contributed by atoms with Crippen LogP contribution in [-0.4, -0.2) is 29.4 Å². The Balaban J connectivity index is 2.41. The Morgan fingerprint density at radius 3 is 2.71 bits per heavy atom. The fourth-order valence-electron chi connectivity index (χ4n) is 1.15. The third kappa shape index (κ3) is 4.37. The van der Waals surface area contributed by atoms with E-state index in [1.54, 1.807) is 12.1 Å². The van der Waals surface area contributed by atoms with Gasteiger partial charge in [0.2, 0.25) is 0 Å². The van der Waals surface area contributed by atoms with Crippen LogP contribution in [-0.2, 0) is 4.84 Å². The zero-order valence-corrected chi connectivity index (χ0v) is 8.87. The summed E-state index contributed by atoms with van der Waals surface area (Å²) in [5, 5.41) is 17.8. The maximum atomic E-state index is 10.8. The second kappa shape index (κ2) is 6.31. The van der Waals surface area contributed by atoms with E-state index in [2.05, 4.69) is 4.84 Å². The van der Waals surface area contributed by atoms with Crippen LogP contribution in [0, 0.1) is 10.1 Å². The maximum absolute atomic E-state index is 10.8. The van der Waals surface area contributed by atoms with Gasteiger partial charge in [0.05, 0.1) is 13.2 Å². The van der Waals surface area contributed by atoms with Gasteiger partial charge in [0, 0.05) is 6.42 Å². The number of para-hydroxylation sites is 1. The van der Waals surface area contributed by atoms with E-state index in [-0.39, 0.29) is 24.5 Å². The summed E-state index contributed by atoms with van der Waals surface area (Å²) in [4.78, 5) is 24.7. The number of ether oxygens (including phenoxy) is 1. The number of carbonyl (C=O) groups is 1. The normalized spacial score (nSPS) is 9.65. The van der Waals surface area contributed by atoms with Crippen LogP contribution in [0.1, 0.15) is 16.8 Å². The largest absolute Gasteiger partial charge is 0.493 e. The van der Waals surface area contributed by atoms with Crippen molar-refractivity contribution in [3.05, 3.63) is 39.9 Å². The lowest BCUT2D eigenvalue weighted by Crippen LogP contribution is -2.08. The number of benzene rings is 1. The van der Waals surface area contributed by atoms with Crippen LogP contribution in [0.3, 0.4) is 0 Å². The summed E-state index contributed by atoms with van der Waals surface area (Å²) >= 11 is 0. The first-order chi connectivity index (χ1) is 8.11. The van der Waals surface area contributed by atoms with E-state index in [0.717, 1.165) is 0 Å². The van der Waals surface area contributed by atoms with Crippen molar-refractivity contribution in [1.29, 1.82) is 0 Å². The van der Waals surface area contributed by atoms with Crippen molar-refractivity contribution in [3.63, 3.8) is 0 Å². The van der Waals surface area contributed by atoms with Gasteiger partial charge >= 0.3 is 5.97 Å². The highest BCUT2D eigenvalue weighted by atomic mass is 16.9. The Labute approximate surface area is 96.7 Å². The van der Waals surface area contributed by atoms with E-state index in [4.69, 9.17) is 9.84 Å². The predicted octanol–water partition coefficient (Wildman–Crippen LogP) is 1.36. The smallest absolute Gasteiger partial charge is 0.339 e. The molecule has 0 aromatic heterocycles. The van der Waals surface area contributed by atoms with Gasteiger partial charge in [-0.15, -0.1) is 10.1 Å². The molecule has 0 spiro atoms. The molecule has 1 rings (SSSR count). The summed E-state index contributed by atoms with van der Waals surface area (Å²) in [7, 11) is 0. The molecule has 0 unspecified atom stereocenters. The average molecular weight is 241 g/mol. The Morgan fingerprint density at radius 2 is 2.06 bits per heavy atom. The van der Waals surface area contributed by atoms with Crippen molar-refractivity contribution in [1.82, 2.24) is 0 Å². The molecule has 0 aliphatic carbocycles. The molecule has 0 amide bonds. The van der Waals surface area contributed by atoms with Crippen LogP contribution >= 0.6 is 0 Å². The molecule has 0 aliphatic rings. The summed E-state index contributed by atoms with van der Waals surface area (Å²) in [5.74, 6) is -0.844. The minimum absolute atomic E-state index is 0.0581. The lowest BCUT2D eigenvalue weighted by Gasteiger charge is -2.08. The van der Waals surface area contributed by atoms with Gasteiger partial charge in [-0.25, -0.2) is 4.79 Å². The van der Waals surface area contributed by atoms with Crippen LogP contribution in [0.5, 0.6) is 5.75 Å². The van der Waals surface area contributed by atoms with Gasteiger partial charge < -0.3 is 14.7 Å². The molecule has 0 radical (unpaired) electrons. The molecule has 7 nitrogen and oxygen atoms in total. The molecule has 17 heavy (non-hydrogen) atoms. The van der Waals surface area contributed by atoms with E-state index in [1.807, 2.05) is 0 Å². The summed E-state index contributed by atoms with van der Waals surface area (Å²) in [6.45, 7) is 0.0698. The minimum Gasteiger partial charge on any atom is -0.493 e. The van der Waals surface area contributed by atoms with Gasteiger partial charge in [0.1, 0.15) is 11.3 Å². The zero-order chi connectivity index (χ0) is 12.7. The molecule has 1 aromatic carbocycles. The van der Waals surface area contributed by atoms with Gasteiger partial charge in [-0.1, -0.05) is 12.1 Å². The van der Waals surface area contributed by atoms with Crippen molar-refractivity contribution >= 4 is 5.97 Å².